The van der Waals surface area contributed by atoms with Crippen molar-refractivity contribution < 1.29 is 4.84 Å². The summed E-state index contributed by atoms with van der Waals surface area (Å²) < 4.78 is 0. The molecule has 16 heavy (non-hydrogen) atoms. The van der Waals surface area contributed by atoms with Gasteiger partial charge >= 0.3 is 0 Å². The fourth-order valence-corrected chi connectivity index (χ4v) is 1.12. The van der Waals surface area contributed by atoms with Crippen LogP contribution in [0.4, 0.5) is 0 Å². The average Bonchev–Trinajstić information content (AvgIpc) is 2.38. The molecule has 0 aliphatic carbocycles. The van der Waals surface area contributed by atoms with E-state index < -0.39 is 0 Å². The van der Waals surface area contributed by atoms with Gasteiger partial charge in [0.05, 0.1) is 0 Å². The summed E-state index contributed by atoms with van der Waals surface area (Å²) in [6.07, 6.45) is 4.84. The monoisotopic (exact) mass is 214 g/mol. The lowest BCUT2D eigenvalue weighted by molar-refractivity contribution is 0.329. The molecule has 0 radical (unpaired) electrons. The molecule has 5 heteroatoms. The van der Waals surface area contributed by atoms with Gasteiger partial charge in [-0.15, -0.1) is 0 Å². The van der Waals surface area contributed by atoms with Crippen molar-refractivity contribution in [3.8, 4) is 17.4 Å². The number of nitrogens with zero attached hydrogens (tertiary/aromatic N) is 4. The van der Waals surface area contributed by atoms with Crippen molar-refractivity contribution in [2.24, 2.45) is 5.16 Å². The van der Waals surface area contributed by atoms with Crippen molar-refractivity contribution in [1.29, 1.82) is 0 Å². The number of hydrogen-bond donors (Lipinski definition) is 0. The molecule has 0 aliphatic heterocycles. The molecule has 2 aromatic rings. The Hall–Kier alpha value is -2.30. The highest BCUT2D eigenvalue weighted by Gasteiger charge is 2.03. The summed E-state index contributed by atoms with van der Waals surface area (Å²) in [4.78, 5) is 17.4. The summed E-state index contributed by atoms with van der Waals surface area (Å²) in [7, 11) is 0. The van der Waals surface area contributed by atoms with Gasteiger partial charge in [0.2, 0.25) is 0 Å². The van der Waals surface area contributed by atoms with Crippen LogP contribution in [0.5, 0.6) is 5.88 Å². The van der Waals surface area contributed by atoms with Crippen LogP contribution in [0, 0.1) is 0 Å². The van der Waals surface area contributed by atoms with Crippen molar-refractivity contribution in [3.63, 3.8) is 0 Å². The minimum atomic E-state index is 0.397. The van der Waals surface area contributed by atoms with E-state index in [0.717, 1.165) is 0 Å². The summed E-state index contributed by atoms with van der Waals surface area (Å²) in [5.41, 5.74) is 0.702. The molecule has 0 aromatic carbocycles. The van der Waals surface area contributed by atoms with Gasteiger partial charge in [-0.3, -0.25) is 4.98 Å². The van der Waals surface area contributed by atoms with Crippen LogP contribution in [-0.2, 0) is 0 Å². The fourth-order valence-electron chi connectivity index (χ4n) is 1.12. The van der Waals surface area contributed by atoms with Crippen molar-refractivity contribution >= 4 is 6.21 Å². The van der Waals surface area contributed by atoms with E-state index in [0.29, 0.717) is 17.4 Å². The first-order valence-electron chi connectivity index (χ1n) is 4.79. The van der Waals surface area contributed by atoms with E-state index in [1.807, 2.05) is 18.2 Å². The molecule has 0 unspecified atom stereocenters. The van der Waals surface area contributed by atoms with Gasteiger partial charge in [0, 0.05) is 24.7 Å². The molecule has 0 fully saturated rings. The maximum absolute atomic E-state index is 5.01. The Morgan fingerprint density at radius 1 is 1.19 bits per heavy atom. The lowest BCUT2D eigenvalue weighted by Crippen LogP contribution is -1.93. The minimum Gasteiger partial charge on any atom is -0.337 e. The number of rotatable bonds is 3. The number of hydrogen-bond acceptors (Lipinski definition) is 5. The molecule has 0 saturated carbocycles. The SMILES string of the molecule is C/C=N/Oc1ccnc(-c2ccccn2)n1. The smallest absolute Gasteiger partial charge is 0.252 e. The van der Waals surface area contributed by atoms with Gasteiger partial charge in [-0.1, -0.05) is 11.2 Å². The van der Waals surface area contributed by atoms with Crippen LogP contribution in [0.25, 0.3) is 11.5 Å². The number of oxime groups is 1. The Bertz CT molecular complexity index is 484. The van der Waals surface area contributed by atoms with Crippen molar-refractivity contribution in [3.05, 3.63) is 36.7 Å². The predicted octanol–water partition coefficient (Wildman–Crippen LogP) is 1.92. The van der Waals surface area contributed by atoms with E-state index >= 15 is 0 Å². The van der Waals surface area contributed by atoms with Crippen LogP contribution in [0.1, 0.15) is 6.92 Å². The highest BCUT2D eigenvalue weighted by Crippen LogP contribution is 2.14. The lowest BCUT2D eigenvalue weighted by Gasteiger charge is -2.00. The molecule has 2 aromatic heterocycles. The molecule has 5 nitrogen and oxygen atoms in total. The Labute approximate surface area is 92.8 Å². The molecule has 80 valence electrons. The highest BCUT2D eigenvalue weighted by molar-refractivity contribution is 5.52. The third-order valence-corrected chi connectivity index (χ3v) is 1.78. The van der Waals surface area contributed by atoms with E-state index in [-0.39, 0.29) is 0 Å². The Morgan fingerprint density at radius 3 is 2.88 bits per heavy atom. The Balaban J connectivity index is 2.29. The molecule has 2 heterocycles. The van der Waals surface area contributed by atoms with Gasteiger partial charge in [-0.2, -0.15) is 4.98 Å². The average molecular weight is 214 g/mol. The molecule has 0 N–H and O–H groups in total. The van der Waals surface area contributed by atoms with Crippen LogP contribution in [0.2, 0.25) is 0 Å². The zero-order chi connectivity index (χ0) is 11.2. The maximum Gasteiger partial charge on any atom is 0.252 e. The summed E-state index contributed by atoms with van der Waals surface area (Å²) in [6, 6.07) is 7.19. The predicted molar refractivity (Wildman–Crippen MR) is 60.1 cm³/mol. The second-order valence-corrected chi connectivity index (χ2v) is 2.89. The largest absolute Gasteiger partial charge is 0.337 e. The topological polar surface area (TPSA) is 60.3 Å². The quantitative estimate of drug-likeness (QED) is 0.578. The second-order valence-electron chi connectivity index (χ2n) is 2.89. The van der Waals surface area contributed by atoms with Crippen LogP contribution in [0.3, 0.4) is 0 Å². The third kappa shape index (κ3) is 2.38. The first-order chi connectivity index (χ1) is 7.90. The second kappa shape index (κ2) is 4.97. The summed E-state index contributed by atoms with van der Waals surface area (Å²) >= 11 is 0. The van der Waals surface area contributed by atoms with Crippen molar-refractivity contribution in [2.75, 3.05) is 0 Å². The molecule has 0 amide bonds. The Kier molecular flexibility index (Phi) is 3.18. The van der Waals surface area contributed by atoms with Crippen LogP contribution >= 0.6 is 0 Å². The van der Waals surface area contributed by atoms with E-state index in [1.54, 1.807) is 31.6 Å². The molecule has 0 saturated heterocycles. The summed E-state index contributed by atoms with van der Waals surface area (Å²) in [5.74, 6) is 0.915. The van der Waals surface area contributed by atoms with Crippen LogP contribution in [-0.4, -0.2) is 21.2 Å². The molecular formula is C11H10N4O. The van der Waals surface area contributed by atoms with Gasteiger partial charge in [0.15, 0.2) is 5.82 Å². The van der Waals surface area contributed by atoms with Crippen LogP contribution < -0.4 is 4.84 Å². The first kappa shape index (κ1) is 10.2. The van der Waals surface area contributed by atoms with E-state index in [9.17, 15) is 0 Å². The molecule has 0 spiro atoms. The summed E-state index contributed by atoms with van der Waals surface area (Å²) in [5, 5.41) is 3.64. The van der Waals surface area contributed by atoms with Crippen molar-refractivity contribution in [1.82, 2.24) is 15.0 Å². The molecule has 0 aliphatic rings. The molecule has 2 rings (SSSR count). The van der Waals surface area contributed by atoms with Gasteiger partial charge in [-0.05, 0) is 19.1 Å². The van der Waals surface area contributed by atoms with E-state index in [2.05, 4.69) is 20.1 Å². The van der Waals surface area contributed by atoms with Crippen molar-refractivity contribution in [2.45, 2.75) is 6.92 Å². The standard InChI is InChI=1S/C11H10N4O/c1-2-14-16-10-6-8-13-11(15-10)9-5-3-4-7-12-9/h2-8H,1H3/b14-2+. The van der Waals surface area contributed by atoms with E-state index in [4.69, 9.17) is 4.84 Å². The van der Waals surface area contributed by atoms with Crippen LogP contribution in [0.15, 0.2) is 41.8 Å². The molecular weight excluding hydrogens is 204 g/mol. The van der Waals surface area contributed by atoms with Gasteiger partial charge in [-0.25, -0.2) is 4.98 Å². The molecule has 0 atom stereocenters. The third-order valence-electron chi connectivity index (χ3n) is 1.78. The maximum atomic E-state index is 5.01. The lowest BCUT2D eigenvalue weighted by atomic mass is 10.3. The van der Waals surface area contributed by atoms with E-state index in [1.165, 1.54) is 0 Å². The van der Waals surface area contributed by atoms with Gasteiger partial charge in [0.1, 0.15) is 5.69 Å². The number of aromatic nitrogens is 3. The zero-order valence-electron chi connectivity index (χ0n) is 8.74. The normalized spacial score (nSPS) is 10.6. The Morgan fingerprint density at radius 2 is 2.12 bits per heavy atom. The number of pyridine rings is 1. The van der Waals surface area contributed by atoms with Gasteiger partial charge < -0.3 is 4.84 Å². The minimum absolute atomic E-state index is 0.397. The fraction of sp³-hybridized carbons (Fsp3) is 0.0909. The van der Waals surface area contributed by atoms with Gasteiger partial charge in [0.25, 0.3) is 5.88 Å². The summed E-state index contributed by atoms with van der Waals surface area (Å²) in [6.45, 7) is 1.76. The zero-order valence-corrected chi connectivity index (χ0v) is 8.74. The molecule has 0 bridgehead atoms. The highest BCUT2D eigenvalue weighted by atomic mass is 16.6. The first-order valence-corrected chi connectivity index (χ1v) is 4.79.